The quantitative estimate of drug-likeness (QED) is 0.386. The maximum absolute atomic E-state index is 14.7. The third-order valence-corrected chi connectivity index (χ3v) is 7.16. The summed E-state index contributed by atoms with van der Waals surface area (Å²) in [4.78, 5) is 19.0. The Kier molecular flexibility index (Phi) is 7.12. The van der Waals surface area contributed by atoms with Gasteiger partial charge in [-0.3, -0.25) is 14.8 Å². The number of likely N-dealkylation sites (tertiary alicyclic amines) is 1. The Morgan fingerprint density at radius 3 is 2.65 bits per heavy atom. The van der Waals surface area contributed by atoms with Crippen molar-refractivity contribution in [1.29, 1.82) is 0 Å². The average Bonchev–Trinajstić information content (AvgIpc) is 3.19. The van der Waals surface area contributed by atoms with Crippen molar-refractivity contribution in [2.24, 2.45) is 5.41 Å². The number of nitrogens with one attached hydrogen (secondary N) is 2. The molecule has 0 saturated carbocycles. The zero-order valence-corrected chi connectivity index (χ0v) is 20.4. The van der Waals surface area contributed by atoms with Gasteiger partial charge in [-0.15, -0.1) is 0 Å². The predicted molar refractivity (Wildman–Crippen MR) is 130 cm³/mol. The third-order valence-electron chi connectivity index (χ3n) is 6.45. The van der Waals surface area contributed by atoms with Gasteiger partial charge in [0, 0.05) is 46.4 Å². The molecule has 7 nitrogen and oxygen atoms in total. The number of nitrogens with zero attached hydrogens (tertiary/aromatic N) is 3. The Morgan fingerprint density at radius 2 is 2.03 bits per heavy atom. The molecule has 2 aromatic heterocycles. The van der Waals surface area contributed by atoms with Crippen molar-refractivity contribution in [3.05, 3.63) is 69.2 Å². The van der Waals surface area contributed by atoms with Gasteiger partial charge in [-0.2, -0.15) is 5.10 Å². The maximum Gasteiger partial charge on any atom is 0.310 e. The van der Waals surface area contributed by atoms with Crippen molar-refractivity contribution in [2.45, 2.75) is 45.7 Å². The fourth-order valence-electron chi connectivity index (χ4n) is 4.54. The molecular weight excluding hydrogens is 480 g/mol. The lowest BCUT2D eigenvalue weighted by molar-refractivity contribution is -0.153. The van der Waals surface area contributed by atoms with E-state index in [4.69, 9.17) is 23.2 Å². The van der Waals surface area contributed by atoms with Crippen LogP contribution in [0.2, 0.25) is 10.0 Å². The Labute approximate surface area is 207 Å². The van der Waals surface area contributed by atoms with E-state index in [1.54, 1.807) is 24.3 Å². The number of benzene rings is 1. The minimum Gasteiger partial charge on any atom is -0.481 e. The molecule has 1 aliphatic rings. The van der Waals surface area contributed by atoms with E-state index in [0.717, 1.165) is 11.3 Å². The van der Waals surface area contributed by atoms with Crippen molar-refractivity contribution in [2.75, 3.05) is 11.9 Å². The molecule has 10 heteroatoms. The summed E-state index contributed by atoms with van der Waals surface area (Å²) in [6.45, 7) is 4.88. The van der Waals surface area contributed by atoms with Crippen LogP contribution in [0.5, 0.6) is 0 Å². The third kappa shape index (κ3) is 5.19. The molecular formula is C24H26Cl2FN5O2. The van der Waals surface area contributed by atoms with Crippen molar-refractivity contribution in [3.8, 4) is 0 Å². The van der Waals surface area contributed by atoms with Crippen LogP contribution < -0.4 is 5.32 Å². The first-order chi connectivity index (χ1) is 16.2. The molecule has 0 bridgehead atoms. The number of rotatable bonds is 7. The Hall–Kier alpha value is -2.68. The zero-order valence-electron chi connectivity index (χ0n) is 18.9. The van der Waals surface area contributed by atoms with Crippen LogP contribution in [-0.2, 0) is 17.8 Å². The molecule has 4 rings (SSSR count). The van der Waals surface area contributed by atoms with E-state index in [1.807, 2.05) is 13.8 Å². The lowest BCUT2D eigenvalue weighted by Crippen LogP contribution is -2.49. The molecule has 1 aromatic carbocycles. The molecule has 34 heavy (non-hydrogen) atoms. The number of aromatic nitrogens is 3. The Morgan fingerprint density at radius 1 is 1.29 bits per heavy atom. The van der Waals surface area contributed by atoms with Gasteiger partial charge in [-0.1, -0.05) is 29.3 Å². The molecule has 1 unspecified atom stereocenters. The number of hydrogen-bond acceptors (Lipinski definition) is 5. The van der Waals surface area contributed by atoms with Crippen LogP contribution in [0.4, 0.5) is 16.0 Å². The number of pyridine rings is 1. The van der Waals surface area contributed by atoms with Gasteiger partial charge in [-0.05, 0) is 57.5 Å². The highest BCUT2D eigenvalue weighted by Crippen LogP contribution is 2.40. The van der Waals surface area contributed by atoms with E-state index in [0.29, 0.717) is 47.6 Å². The van der Waals surface area contributed by atoms with Gasteiger partial charge >= 0.3 is 5.97 Å². The maximum atomic E-state index is 14.7. The van der Waals surface area contributed by atoms with E-state index in [9.17, 15) is 14.3 Å². The molecule has 1 saturated heterocycles. The molecule has 0 aliphatic carbocycles. The second kappa shape index (κ2) is 9.90. The Bertz CT molecular complexity index is 1180. The van der Waals surface area contributed by atoms with Crippen molar-refractivity contribution < 1.29 is 14.3 Å². The number of aromatic amines is 1. The Balaban J connectivity index is 1.52. The van der Waals surface area contributed by atoms with Crippen LogP contribution in [0.3, 0.4) is 0 Å². The molecule has 2 atom stereocenters. The van der Waals surface area contributed by atoms with E-state index in [1.165, 1.54) is 12.1 Å². The number of piperidine rings is 1. The summed E-state index contributed by atoms with van der Waals surface area (Å²) in [5.41, 5.74) is 0.679. The minimum absolute atomic E-state index is 0.00565. The summed E-state index contributed by atoms with van der Waals surface area (Å²) >= 11 is 12.7. The highest BCUT2D eigenvalue weighted by Gasteiger charge is 2.45. The first kappa shape index (κ1) is 24.4. The van der Waals surface area contributed by atoms with Gasteiger partial charge in [0.25, 0.3) is 0 Å². The summed E-state index contributed by atoms with van der Waals surface area (Å²) in [7, 11) is 0. The predicted octanol–water partition coefficient (Wildman–Crippen LogP) is 5.60. The van der Waals surface area contributed by atoms with Crippen LogP contribution in [0, 0.1) is 18.2 Å². The van der Waals surface area contributed by atoms with Crippen LogP contribution >= 0.6 is 23.2 Å². The molecule has 0 spiro atoms. The summed E-state index contributed by atoms with van der Waals surface area (Å²) < 4.78 is 14.7. The molecule has 1 fully saturated rings. The number of H-pyrrole nitrogens is 1. The fraction of sp³-hybridized carbons (Fsp3) is 0.375. The molecule has 0 amide bonds. The second-order valence-electron chi connectivity index (χ2n) is 8.92. The summed E-state index contributed by atoms with van der Waals surface area (Å²) in [5, 5.41) is 21.3. The number of aliphatic carboxylic acids is 1. The standard InChI is InChI=1S/C24H26Cl2FN5O2/c1-14-10-22(31-30-14)29-21-7-6-19(27)20(28-21)12-24(23(33)34)8-9-32(15(2)11-24)13-16-17(25)4-3-5-18(16)26/h3-7,10,15H,8-9,11-13H2,1-2H3,(H,33,34)(H2,28,29,30,31)/t15-,24?/m1/s1. The van der Waals surface area contributed by atoms with E-state index in [-0.39, 0.29) is 18.2 Å². The number of aryl methyl sites for hydroxylation is 1. The van der Waals surface area contributed by atoms with Gasteiger partial charge in [-0.25, -0.2) is 9.37 Å². The number of anilines is 2. The summed E-state index contributed by atoms with van der Waals surface area (Å²) in [6, 6.07) is 9.91. The lowest BCUT2D eigenvalue weighted by atomic mass is 9.72. The normalized spacial score (nSPS) is 20.9. The monoisotopic (exact) mass is 505 g/mol. The van der Waals surface area contributed by atoms with Crippen molar-refractivity contribution >= 4 is 40.8 Å². The largest absolute Gasteiger partial charge is 0.481 e. The van der Waals surface area contributed by atoms with Gasteiger partial charge in [0.2, 0.25) is 0 Å². The second-order valence-corrected chi connectivity index (χ2v) is 9.74. The molecule has 1 aliphatic heterocycles. The van der Waals surface area contributed by atoms with E-state index in [2.05, 4.69) is 25.4 Å². The number of carboxylic acid groups (broad SMARTS) is 1. The first-order valence-corrected chi connectivity index (χ1v) is 11.8. The SMILES string of the molecule is Cc1cc(Nc2ccc(F)c(CC3(C(=O)O)CCN(Cc4c(Cl)cccc4Cl)[C@H](C)C3)n2)n[nH]1. The van der Waals surface area contributed by atoms with Gasteiger partial charge in [0.1, 0.15) is 11.6 Å². The van der Waals surface area contributed by atoms with Crippen LogP contribution in [0.1, 0.15) is 36.7 Å². The van der Waals surface area contributed by atoms with Crippen LogP contribution in [-0.4, -0.2) is 43.7 Å². The molecule has 3 aromatic rings. The number of halogens is 3. The minimum atomic E-state index is -1.13. The van der Waals surface area contributed by atoms with Gasteiger partial charge in [0.05, 0.1) is 11.1 Å². The zero-order chi connectivity index (χ0) is 24.5. The molecule has 3 N–H and O–H groups in total. The number of carboxylic acids is 1. The highest BCUT2D eigenvalue weighted by atomic mass is 35.5. The highest BCUT2D eigenvalue weighted by molar-refractivity contribution is 6.35. The smallest absolute Gasteiger partial charge is 0.310 e. The summed E-state index contributed by atoms with van der Waals surface area (Å²) in [6.07, 6.45) is 0.697. The van der Waals surface area contributed by atoms with Crippen LogP contribution in [0.25, 0.3) is 0 Å². The lowest BCUT2D eigenvalue weighted by Gasteiger charge is -2.43. The van der Waals surface area contributed by atoms with Crippen LogP contribution in [0.15, 0.2) is 36.4 Å². The van der Waals surface area contributed by atoms with Gasteiger partial charge < -0.3 is 10.4 Å². The number of hydrogen-bond donors (Lipinski definition) is 3. The fourth-order valence-corrected chi connectivity index (χ4v) is 5.06. The van der Waals surface area contributed by atoms with E-state index < -0.39 is 17.2 Å². The average molecular weight is 506 g/mol. The van der Waals surface area contributed by atoms with Crippen molar-refractivity contribution in [3.63, 3.8) is 0 Å². The van der Waals surface area contributed by atoms with Gasteiger partial charge in [0.15, 0.2) is 5.82 Å². The number of carbonyl (C=O) groups is 1. The van der Waals surface area contributed by atoms with Crippen molar-refractivity contribution in [1.82, 2.24) is 20.1 Å². The first-order valence-electron chi connectivity index (χ1n) is 11.0. The van der Waals surface area contributed by atoms with E-state index >= 15 is 0 Å². The topological polar surface area (TPSA) is 94.1 Å². The molecule has 180 valence electrons. The molecule has 0 radical (unpaired) electrons. The summed E-state index contributed by atoms with van der Waals surface area (Å²) in [5.74, 6) is -0.516. The molecule has 3 heterocycles.